The first-order valence-corrected chi connectivity index (χ1v) is 5.60. The van der Waals surface area contributed by atoms with Gasteiger partial charge in [-0.15, -0.1) is 0 Å². The molecule has 0 unspecified atom stereocenters. The summed E-state index contributed by atoms with van der Waals surface area (Å²) in [6.45, 7) is 12.2. The number of aliphatic carboxylic acids is 1. The van der Waals surface area contributed by atoms with Crippen LogP contribution in [0.5, 0.6) is 0 Å². The van der Waals surface area contributed by atoms with Crippen LogP contribution in [0.3, 0.4) is 0 Å². The van der Waals surface area contributed by atoms with Gasteiger partial charge in [0.05, 0.1) is 5.41 Å². The molecule has 0 rings (SSSR count). The zero-order chi connectivity index (χ0) is 11.9. The van der Waals surface area contributed by atoms with E-state index in [9.17, 15) is 4.79 Å². The molecule has 0 bridgehead atoms. The van der Waals surface area contributed by atoms with E-state index < -0.39 is 11.4 Å². The molecule has 0 aromatic carbocycles. The van der Waals surface area contributed by atoms with Gasteiger partial charge in [-0.3, -0.25) is 4.79 Å². The first kappa shape index (κ1) is 14.4. The second kappa shape index (κ2) is 6.80. The summed E-state index contributed by atoms with van der Waals surface area (Å²) in [5.41, 5.74) is -0.677. The molecule has 0 aromatic rings. The Morgan fingerprint density at radius 1 is 1.33 bits per heavy atom. The summed E-state index contributed by atoms with van der Waals surface area (Å²) in [5.74, 6) is -0.752. The Morgan fingerprint density at radius 3 is 2.27 bits per heavy atom. The number of hydrogen-bond acceptors (Lipinski definition) is 3. The normalized spacial score (nSPS) is 12.1. The van der Waals surface area contributed by atoms with E-state index in [-0.39, 0.29) is 0 Å². The second-order valence-electron chi connectivity index (χ2n) is 4.39. The molecule has 0 fully saturated rings. The van der Waals surface area contributed by atoms with Crippen molar-refractivity contribution in [3.05, 3.63) is 0 Å². The molecule has 0 heterocycles. The van der Waals surface area contributed by atoms with Crippen molar-refractivity contribution in [2.75, 3.05) is 32.7 Å². The minimum atomic E-state index is -0.752. The second-order valence-corrected chi connectivity index (χ2v) is 4.39. The van der Waals surface area contributed by atoms with Crippen molar-refractivity contribution in [2.24, 2.45) is 5.41 Å². The SMILES string of the molecule is CCN(CC)CCNCC(C)(C)C(=O)O. The Labute approximate surface area is 92.7 Å². The molecule has 90 valence electrons. The average Bonchev–Trinajstić information content (AvgIpc) is 2.18. The molecule has 0 aliphatic heterocycles. The number of carbonyl (C=O) groups is 1. The smallest absolute Gasteiger partial charge is 0.310 e. The van der Waals surface area contributed by atoms with Crippen LogP contribution in [0, 0.1) is 5.41 Å². The van der Waals surface area contributed by atoms with E-state index in [1.54, 1.807) is 13.8 Å². The Balaban J connectivity index is 3.66. The number of carboxylic acid groups (broad SMARTS) is 1. The zero-order valence-electron chi connectivity index (χ0n) is 10.3. The molecular weight excluding hydrogens is 192 g/mol. The van der Waals surface area contributed by atoms with E-state index in [1.165, 1.54) is 0 Å². The molecule has 4 nitrogen and oxygen atoms in total. The van der Waals surface area contributed by atoms with Gasteiger partial charge in [-0.2, -0.15) is 0 Å². The van der Waals surface area contributed by atoms with Crippen molar-refractivity contribution in [1.29, 1.82) is 0 Å². The van der Waals surface area contributed by atoms with E-state index in [1.807, 2.05) is 0 Å². The molecule has 2 N–H and O–H groups in total. The van der Waals surface area contributed by atoms with Gasteiger partial charge < -0.3 is 15.3 Å². The average molecular weight is 216 g/mol. The van der Waals surface area contributed by atoms with Crippen LogP contribution in [0.15, 0.2) is 0 Å². The summed E-state index contributed by atoms with van der Waals surface area (Å²) in [7, 11) is 0. The van der Waals surface area contributed by atoms with E-state index in [2.05, 4.69) is 24.1 Å². The van der Waals surface area contributed by atoms with Crippen LogP contribution in [0.2, 0.25) is 0 Å². The highest BCUT2D eigenvalue weighted by atomic mass is 16.4. The summed E-state index contributed by atoms with van der Waals surface area (Å²) in [6.07, 6.45) is 0. The minimum absolute atomic E-state index is 0.517. The van der Waals surface area contributed by atoms with E-state index in [4.69, 9.17) is 5.11 Å². The maximum absolute atomic E-state index is 10.8. The molecule has 0 atom stereocenters. The number of hydrogen-bond donors (Lipinski definition) is 2. The van der Waals surface area contributed by atoms with Crippen molar-refractivity contribution >= 4 is 5.97 Å². The van der Waals surface area contributed by atoms with Crippen molar-refractivity contribution in [3.63, 3.8) is 0 Å². The van der Waals surface area contributed by atoms with Crippen LogP contribution < -0.4 is 5.32 Å². The van der Waals surface area contributed by atoms with Gasteiger partial charge in [0.2, 0.25) is 0 Å². The lowest BCUT2D eigenvalue weighted by Crippen LogP contribution is -2.39. The molecule has 0 aliphatic rings. The Kier molecular flexibility index (Phi) is 6.52. The number of likely N-dealkylation sites (N-methyl/N-ethyl adjacent to an activating group) is 1. The molecule has 0 amide bonds. The fraction of sp³-hybridized carbons (Fsp3) is 0.909. The molecule has 15 heavy (non-hydrogen) atoms. The van der Waals surface area contributed by atoms with Gasteiger partial charge in [-0.05, 0) is 26.9 Å². The first-order chi connectivity index (χ1) is 6.94. The topological polar surface area (TPSA) is 52.6 Å². The summed E-state index contributed by atoms with van der Waals surface area (Å²) < 4.78 is 0. The van der Waals surface area contributed by atoms with Crippen molar-refractivity contribution < 1.29 is 9.90 Å². The molecule has 0 aromatic heterocycles. The van der Waals surface area contributed by atoms with Gasteiger partial charge >= 0.3 is 5.97 Å². The summed E-state index contributed by atoms with van der Waals surface area (Å²) in [6, 6.07) is 0. The molecular formula is C11H24N2O2. The van der Waals surface area contributed by atoms with Gasteiger partial charge in [0, 0.05) is 19.6 Å². The monoisotopic (exact) mass is 216 g/mol. The van der Waals surface area contributed by atoms with Gasteiger partial charge in [-0.25, -0.2) is 0 Å². The quantitative estimate of drug-likeness (QED) is 0.595. The van der Waals surface area contributed by atoms with Crippen LogP contribution in [0.25, 0.3) is 0 Å². The number of nitrogens with one attached hydrogen (secondary N) is 1. The molecule has 0 radical (unpaired) electrons. The predicted molar refractivity (Wildman–Crippen MR) is 62.1 cm³/mol. The van der Waals surface area contributed by atoms with Crippen LogP contribution in [-0.4, -0.2) is 48.7 Å². The standard InChI is InChI=1S/C11H24N2O2/c1-5-13(6-2)8-7-12-9-11(3,4)10(14)15/h12H,5-9H2,1-4H3,(H,14,15). The molecule has 0 spiro atoms. The van der Waals surface area contributed by atoms with Crippen LogP contribution in [0.4, 0.5) is 0 Å². The molecule has 0 aliphatic carbocycles. The Hall–Kier alpha value is -0.610. The van der Waals surface area contributed by atoms with Gasteiger partial charge in [-0.1, -0.05) is 13.8 Å². The molecule has 0 saturated heterocycles. The Bertz CT molecular complexity index is 189. The van der Waals surface area contributed by atoms with Crippen LogP contribution in [0.1, 0.15) is 27.7 Å². The fourth-order valence-corrected chi connectivity index (χ4v) is 1.25. The predicted octanol–water partition coefficient (Wildman–Crippen LogP) is 1.03. The van der Waals surface area contributed by atoms with Gasteiger partial charge in [0.1, 0.15) is 0 Å². The first-order valence-electron chi connectivity index (χ1n) is 5.60. The van der Waals surface area contributed by atoms with Crippen molar-refractivity contribution in [1.82, 2.24) is 10.2 Å². The maximum Gasteiger partial charge on any atom is 0.310 e. The van der Waals surface area contributed by atoms with Crippen molar-refractivity contribution in [2.45, 2.75) is 27.7 Å². The number of nitrogens with zero attached hydrogens (tertiary/aromatic N) is 1. The molecule has 0 saturated carbocycles. The van der Waals surface area contributed by atoms with Crippen molar-refractivity contribution in [3.8, 4) is 0 Å². The third-order valence-electron chi connectivity index (χ3n) is 2.65. The third-order valence-corrected chi connectivity index (χ3v) is 2.65. The number of rotatable bonds is 8. The third kappa shape index (κ3) is 5.74. The van der Waals surface area contributed by atoms with E-state index >= 15 is 0 Å². The fourth-order valence-electron chi connectivity index (χ4n) is 1.25. The number of carboxylic acids is 1. The summed E-state index contributed by atoms with van der Waals surface area (Å²) >= 11 is 0. The highest BCUT2D eigenvalue weighted by Gasteiger charge is 2.26. The zero-order valence-corrected chi connectivity index (χ0v) is 10.3. The summed E-state index contributed by atoms with van der Waals surface area (Å²) in [5, 5.41) is 12.1. The van der Waals surface area contributed by atoms with Crippen LogP contribution >= 0.6 is 0 Å². The lowest BCUT2D eigenvalue weighted by Gasteiger charge is -2.22. The largest absolute Gasteiger partial charge is 0.481 e. The van der Waals surface area contributed by atoms with E-state index in [0.29, 0.717) is 6.54 Å². The maximum atomic E-state index is 10.8. The lowest BCUT2D eigenvalue weighted by atomic mass is 9.94. The lowest BCUT2D eigenvalue weighted by molar-refractivity contribution is -0.146. The van der Waals surface area contributed by atoms with Crippen LogP contribution in [-0.2, 0) is 4.79 Å². The highest BCUT2D eigenvalue weighted by Crippen LogP contribution is 2.12. The molecule has 4 heteroatoms. The summed E-state index contributed by atoms with van der Waals surface area (Å²) in [4.78, 5) is 13.1. The highest BCUT2D eigenvalue weighted by molar-refractivity contribution is 5.73. The van der Waals surface area contributed by atoms with E-state index in [0.717, 1.165) is 26.2 Å². The van der Waals surface area contributed by atoms with Gasteiger partial charge in [0.25, 0.3) is 0 Å². The Morgan fingerprint density at radius 2 is 1.87 bits per heavy atom. The van der Waals surface area contributed by atoms with Gasteiger partial charge in [0.15, 0.2) is 0 Å². The minimum Gasteiger partial charge on any atom is -0.481 e.